The molecule has 5 rings (SSSR count). The number of nitrogens with zero attached hydrogens (tertiary/aromatic N) is 1. The van der Waals surface area contributed by atoms with Gasteiger partial charge in [0.15, 0.2) is 0 Å². The highest BCUT2D eigenvalue weighted by Gasteiger charge is 2.32. The van der Waals surface area contributed by atoms with Crippen LogP contribution < -0.4 is 5.32 Å². The molecule has 4 aromatic rings. The highest BCUT2D eigenvalue weighted by Crippen LogP contribution is 2.35. The molecule has 0 radical (unpaired) electrons. The number of benzene rings is 4. The average molecular weight is 405 g/mol. The van der Waals surface area contributed by atoms with E-state index in [1.807, 2.05) is 47.4 Å². The fraction of sp³-hybridized carbons (Fsp3) is 0.107. The quantitative estimate of drug-likeness (QED) is 0.425. The minimum Gasteiger partial charge on any atom is -0.361 e. The van der Waals surface area contributed by atoms with E-state index in [1.165, 1.54) is 11.1 Å². The molecule has 0 bridgehead atoms. The standard InChI is InChI=1S/C28H24N2O/c1-20-11-13-21(14-12-20)19-30-27(29-26-10-6-5-9-25(26)28(30)31)24-17-15-23(16-18-24)22-7-3-2-4-8-22/h2-18,27,29H,19H2,1H3. The van der Waals surface area contributed by atoms with Crippen LogP contribution in [-0.2, 0) is 6.54 Å². The normalized spacial score (nSPS) is 15.3. The van der Waals surface area contributed by atoms with Crippen molar-refractivity contribution in [3.63, 3.8) is 0 Å². The van der Waals surface area contributed by atoms with Gasteiger partial charge in [0.05, 0.1) is 5.56 Å². The molecule has 31 heavy (non-hydrogen) atoms. The molecule has 3 heteroatoms. The number of anilines is 1. The summed E-state index contributed by atoms with van der Waals surface area (Å²) in [6.07, 6.45) is -0.228. The van der Waals surface area contributed by atoms with Gasteiger partial charge in [-0.05, 0) is 41.3 Å². The number of fused-ring (bicyclic) bond motifs is 1. The van der Waals surface area contributed by atoms with Crippen LogP contribution in [0, 0.1) is 6.92 Å². The maximum Gasteiger partial charge on any atom is 0.258 e. The zero-order valence-electron chi connectivity index (χ0n) is 17.5. The molecule has 152 valence electrons. The Labute approximate surface area is 183 Å². The third-order valence-corrected chi connectivity index (χ3v) is 5.83. The molecule has 1 unspecified atom stereocenters. The molecule has 1 aliphatic heterocycles. The fourth-order valence-electron chi connectivity index (χ4n) is 4.10. The van der Waals surface area contributed by atoms with Gasteiger partial charge in [-0.15, -0.1) is 0 Å². The Kier molecular flexibility index (Phi) is 5.01. The largest absolute Gasteiger partial charge is 0.361 e. The van der Waals surface area contributed by atoms with Crippen molar-refractivity contribution in [2.75, 3.05) is 5.32 Å². The van der Waals surface area contributed by atoms with Crippen LogP contribution in [0.1, 0.15) is 33.2 Å². The van der Waals surface area contributed by atoms with E-state index in [9.17, 15) is 4.79 Å². The molecule has 1 aliphatic rings. The van der Waals surface area contributed by atoms with Crippen molar-refractivity contribution < 1.29 is 4.79 Å². The Morgan fingerprint density at radius 2 is 1.39 bits per heavy atom. The van der Waals surface area contributed by atoms with Crippen LogP contribution in [0.25, 0.3) is 11.1 Å². The lowest BCUT2D eigenvalue weighted by Crippen LogP contribution is -2.42. The lowest BCUT2D eigenvalue weighted by atomic mass is 9.99. The summed E-state index contributed by atoms with van der Waals surface area (Å²) in [4.78, 5) is 15.4. The second-order valence-corrected chi connectivity index (χ2v) is 8.00. The van der Waals surface area contributed by atoms with E-state index in [4.69, 9.17) is 0 Å². The fourth-order valence-corrected chi connectivity index (χ4v) is 4.10. The van der Waals surface area contributed by atoms with Gasteiger partial charge in [-0.1, -0.05) is 96.6 Å². The molecule has 1 atom stereocenters. The molecule has 0 saturated heterocycles. The number of hydrogen-bond acceptors (Lipinski definition) is 2. The van der Waals surface area contributed by atoms with Gasteiger partial charge in [-0.25, -0.2) is 0 Å². The first-order valence-corrected chi connectivity index (χ1v) is 10.6. The van der Waals surface area contributed by atoms with Gasteiger partial charge in [-0.2, -0.15) is 0 Å². The topological polar surface area (TPSA) is 32.3 Å². The van der Waals surface area contributed by atoms with Crippen molar-refractivity contribution in [2.45, 2.75) is 19.6 Å². The Hall–Kier alpha value is -3.85. The molecular weight excluding hydrogens is 380 g/mol. The zero-order valence-corrected chi connectivity index (χ0v) is 17.5. The first kappa shape index (κ1) is 19.1. The van der Waals surface area contributed by atoms with Gasteiger partial charge in [0.2, 0.25) is 0 Å². The van der Waals surface area contributed by atoms with Crippen LogP contribution in [0.15, 0.2) is 103 Å². The third kappa shape index (κ3) is 3.82. The number of amides is 1. The summed E-state index contributed by atoms with van der Waals surface area (Å²) in [5.74, 6) is 0.0482. The maximum absolute atomic E-state index is 13.4. The highest BCUT2D eigenvalue weighted by atomic mass is 16.2. The highest BCUT2D eigenvalue weighted by molar-refractivity contribution is 6.01. The summed E-state index contributed by atoms with van der Waals surface area (Å²) in [7, 11) is 0. The molecule has 3 nitrogen and oxygen atoms in total. The van der Waals surface area contributed by atoms with E-state index in [2.05, 4.69) is 72.9 Å². The smallest absolute Gasteiger partial charge is 0.258 e. The summed E-state index contributed by atoms with van der Waals surface area (Å²) < 4.78 is 0. The number of rotatable bonds is 4. The van der Waals surface area contributed by atoms with E-state index in [0.717, 1.165) is 22.4 Å². The number of para-hydroxylation sites is 1. The summed E-state index contributed by atoms with van der Waals surface area (Å²) in [6.45, 7) is 2.62. The predicted octanol–water partition coefficient (Wildman–Crippen LogP) is 6.43. The molecule has 0 saturated carbocycles. The summed E-state index contributed by atoms with van der Waals surface area (Å²) >= 11 is 0. The van der Waals surface area contributed by atoms with Gasteiger partial charge in [-0.3, -0.25) is 4.79 Å². The molecular formula is C28H24N2O. The van der Waals surface area contributed by atoms with Crippen molar-refractivity contribution in [3.05, 3.63) is 125 Å². The Morgan fingerprint density at radius 1 is 0.742 bits per heavy atom. The molecule has 0 fully saturated rings. The third-order valence-electron chi connectivity index (χ3n) is 5.83. The number of aryl methyl sites for hydroxylation is 1. The second kappa shape index (κ2) is 8.11. The first-order valence-electron chi connectivity index (χ1n) is 10.6. The van der Waals surface area contributed by atoms with E-state index in [0.29, 0.717) is 12.1 Å². The Balaban J connectivity index is 1.51. The molecule has 0 aliphatic carbocycles. The van der Waals surface area contributed by atoms with Gasteiger partial charge < -0.3 is 10.2 Å². The van der Waals surface area contributed by atoms with Gasteiger partial charge in [0.25, 0.3) is 5.91 Å². The minimum atomic E-state index is -0.228. The summed E-state index contributed by atoms with van der Waals surface area (Å²) in [6, 6.07) is 34.9. The molecule has 0 spiro atoms. The average Bonchev–Trinajstić information content (AvgIpc) is 2.83. The van der Waals surface area contributed by atoms with Gasteiger partial charge >= 0.3 is 0 Å². The summed E-state index contributed by atoms with van der Waals surface area (Å²) in [5, 5.41) is 3.59. The zero-order chi connectivity index (χ0) is 21.2. The van der Waals surface area contributed by atoms with Crippen LogP contribution in [0.2, 0.25) is 0 Å². The minimum absolute atomic E-state index is 0.0482. The van der Waals surface area contributed by atoms with Crippen LogP contribution >= 0.6 is 0 Å². The molecule has 4 aromatic carbocycles. The Bertz CT molecular complexity index is 1200. The number of carbonyl (C=O) groups excluding carboxylic acids is 1. The van der Waals surface area contributed by atoms with Gasteiger partial charge in [0.1, 0.15) is 6.17 Å². The van der Waals surface area contributed by atoms with Crippen molar-refractivity contribution in [1.29, 1.82) is 0 Å². The van der Waals surface area contributed by atoms with Crippen molar-refractivity contribution >= 4 is 11.6 Å². The number of nitrogens with one attached hydrogen (secondary N) is 1. The first-order chi connectivity index (χ1) is 15.2. The second-order valence-electron chi connectivity index (χ2n) is 8.00. The molecule has 0 aromatic heterocycles. The van der Waals surface area contributed by atoms with Gasteiger partial charge in [0, 0.05) is 12.2 Å². The Morgan fingerprint density at radius 3 is 2.13 bits per heavy atom. The van der Waals surface area contributed by atoms with E-state index >= 15 is 0 Å². The van der Waals surface area contributed by atoms with E-state index < -0.39 is 0 Å². The van der Waals surface area contributed by atoms with Crippen LogP contribution in [0.4, 0.5) is 5.69 Å². The SMILES string of the molecule is Cc1ccc(CN2C(=O)c3ccccc3NC2c2ccc(-c3ccccc3)cc2)cc1. The van der Waals surface area contributed by atoms with Crippen molar-refractivity contribution in [3.8, 4) is 11.1 Å². The molecule has 1 heterocycles. The monoisotopic (exact) mass is 404 g/mol. The van der Waals surface area contributed by atoms with Crippen molar-refractivity contribution in [1.82, 2.24) is 4.90 Å². The van der Waals surface area contributed by atoms with E-state index in [-0.39, 0.29) is 12.1 Å². The van der Waals surface area contributed by atoms with E-state index in [1.54, 1.807) is 0 Å². The van der Waals surface area contributed by atoms with Crippen LogP contribution in [0.3, 0.4) is 0 Å². The lowest BCUT2D eigenvalue weighted by molar-refractivity contribution is 0.0666. The number of carbonyl (C=O) groups is 1. The molecule has 1 amide bonds. The maximum atomic E-state index is 13.4. The van der Waals surface area contributed by atoms with Crippen LogP contribution in [-0.4, -0.2) is 10.8 Å². The summed E-state index contributed by atoms with van der Waals surface area (Å²) in [5.41, 5.74) is 7.34. The predicted molar refractivity (Wildman–Crippen MR) is 126 cm³/mol. The number of hydrogen-bond donors (Lipinski definition) is 1. The lowest BCUT2D eigenvalue weighted by Gasteiger charge is -2.38. The van der Waals surface area contributed by atoms with Crippen LogP contribution in [0.5, 0.6) is 0 Å². The molecule has 1 N–H and O–H groups in total. The van der Waals surface area contributed by atoms with Crippen molar-refractivity contribution in [2.24, 2.45) is 0 Å².